The number of para-hydroxylation sites is 1. The number of unbranched alkanes of at least 4 members (excludes halogenated alkanes) is 1. The van der Waals surface area contributed by atoms with Gasteiger partial charge in [0.25, 0.3) is 5.91 Å². The first-order valence-corrected chi connectivity index (χ1v) is 12.4. The van der Waals surface area contributed by atoms with Crippen LogP contribution in [0.5, 0.6) is 11.5 Å². The Bertz CT molecular complexity index is 1220. The molecule has 1 heterocycles. The van der Waals surface area contributed by atoms with Crippen LogP contribution in [0.15, 0.2) is 91.4 Å². The lowest BCUT2D eigenvalue weighted by Gasteiger charge is -2.16. The Hall–Kier alpha value is -3.86. The van der Waals surface area contributed by atoms with Crippen molar-refractivity contribution in [2.45, 2.75) is 39.5 Å². The minimum atomic E-state index is -0.0923. The monoisotopic (exact) mass is 467 g/mol. The maximum absolute atomic E-state index is 13.0. The van der Waals surface area contributed by atoms with E-state index in [1.807, 2.05) is 71.3 Å². The molecule has 0 saturated carbocycles. The van der Waals surface area contributed by atoms with Gasteiger partial charge in [-0.15, -0.1) is 0 Å². The van der Waals surface area contributed by atoms with Crippen molar-refractivity contribution in [2.24, 2.45) is 5.92 Å². The van der Waals surface area contributed by atoms with Crippen molar-refractivity contribution in [3.63, 3.8) is 0 Å². The average Bonchev–Trinajstić information content (AvgIpc) is 3.40. The van der Waals surface area contributed by atoms with Crippen LogP contribution in [0, 0.1) is 5.92 Å². The van der Waals surface area contributed by atoms with Gasteiger partial charge < -0.3 is 10.1 Å². The molecule has 0 aliphatic carbocycles. The fourth-order valence-electron chi connectivity index (χ4n) is 4.12. The van der Waals surface area contributed by atoms with Crippen molar-refractivity contribution in [3.05, 3.63) is 97.1 Å². The molecule has 1 atom stereocenters. The van der Waals surface area contributed by atoms with Crippen LogP contribution in [0.25, 0.3) is 16.8 Å². The molecule has 5 heteroatoms. The number of benzene rings is 3. The number of amides is 1. The van der Waals surface area contributed by atoms with Crippen molar-refractivity contribution in [3.8, 4) is 28.3 Å². The smallest absolute Gasteiger partial charge is 0.269 e. The standard InChI is InChI=1S/C30H33N3O2/c1-3-5-10-23(4-2)20-32-30(34)29-21-31-22-33(29)26-12-9-11-25(19-26)24-15-17-28(18-16-24)35-27-13-7-6-8-14-27/h6-9,11-19,21-23H,3-5,10,20H2,1-2H3,(H,32,34)/t23-/m1/s1. The zero-order valence-electron chi connectivity index (χ0n) is 20.5. The van der Waals surface area contributed by atoms with Crippen molar-refractivity contribution < 1.29 is 9.53 Å². The van der Waals surface area contributed by atoms with Gasteiger partial charge in [-0.3, -0.25) is 9.36 Å². The molecule has 3 aromatic carbocycles. The fourth-order valence-corrected chi connectivity index (χ4v) is 4.12. The van der Waals surface area contributed by atoms with E-state index in [2.05, 4.69) is 36.3 Å². The molecule has 0 bridgehead atoms. The van der Waals surface area contributed by atoms with Gasteiger partial charge in [-0.1, -0.05) is 75.6 Å². The van der Waals surface area contributed by atoms with Crippen molar-refractivity contribution in [2.75, 3.05) is 6.54 Å². The molecule has 4 aromatic rings. The van der Waals surface area contributed by atoms with E-state index in [1.165, 1.54) is 12.8 Å². The number of hydrogen-bond donors (Lipinski definition) is 1. The summed E-state index contributed by atoms with van der Waals surface area (Å²) in [6.07, 6.45) is 7.90. The van der Waals surface area contributed by atoms with E-state index in [1.54, 1.807) is 12.5 Å². The Kier molecular flexibility index (Phi) is 8.34. The highest BCUT2D eigenvalue weighted by Crippen LogP contribution is 2.27. The Morgan fingerprint density at radius 3 is 2.46 bits per heavy atom. The molecule has 180 valence electrons. The normalized spacial score (nSPS) is 11.7. The fraction of sp³-hybridized carbons (Fsp3) is 0.267. The van der Waals surface area contributed by atoms with E-state index >= 15 is 0 Å². The molecule has 5 nitrogen and oxygen atoms in total. The van der Waals surface area contributed by atoms with Gasteiger partial charge >= 0.3 is 0 Å². The number of ether oxygens (including phenoxy) is 1. The number of carbonyl (C=O) groups excluding carboxylic acids is 1. The van der Waals surface area contributed by atoms with Crippen molar-refractivity contribution in [1.82, 2.24) is 14.9 Å². The summed E-state index contributed by atoms with van der Waals surface area (Å²) in [6, 6.07) is 25.9. The molecular formula is C30H33N3O2. The predicted octanol–water partition coefficient (Wildman–Crippen LogP) is 7.28. The Labute approximate surface area is 207 Å². The Morgan fingerprint density at radius 2 is 1.71 bits per heavy atom. The zero-order valence-corrected chi connectivity index (χ0v) is 20.5. The van der Waals surface area contributed by atoms with Crippen LogP contribution in [-0.2, 0) is 0 Å². The molecule has 0 radical (unpaired) electrons. The molecule has 1 N–H and O–H groups in total. The highest BCUT2D eigenvalue weighted by atomic mass is 16.5. The molecule has 0 fully saturated rings. The Balaban J connectivity index is 1.47. The molecule has 35 heavy (non-hydrogen) atoms. The van der Waals surface area contributed by atoms with Crippen LogP contribution in [-0.4, -0.2) is 22.0 Å². The molecule has 1 aromatic heterocycles. The lowest BCUT2D eigenvalue weighted by molar-refractivity contribution is 0.0939. The second kappa shape index (κ2) is 12.0. The van der Waals surface area contributed by atoms with Crippen LogP contribution < -0.4 is 10.1 Å². The van der Waals surface area contributed by atoms with E-state index in [4.69, 9.17) is 4.74 Å². The van der Waals surface area contributed by atoms with Gasteiger partial charge in [0.2, 0.25) is 0 Å². The molecule has 0 aliphatic heterocycles. The van der Waals surface area contributed by atoms with Gasteiger partial charge in [-0.05, 0) is 59.9 Å². The molecule has 0 saturated heterocycles. The van der Waals surface area contributed by atoms with Crippen LogP contribution in [0.4, 0.5) is 0 Å². The van der Waals surface area contributed by atoms with E-state index in [9.17, 15) is 4.79 Å². The first-order chi connectivity index (χ1) is 17.2. The molecule has 4 rings (SSSR count). The maximum Gasteiger partial charge on any atom is 0.269 e. The van der Waals surface area contributed by atoms with Crippen molar-refractivity contribution in [1.29, 1.82) is 0 Å². The summed E-state index contributed by atoms with van der Waals surface area (Å²) >= 11 is 0. The number of nitrogens with one attached hydrogen (secondary N) is 1. The summed E-state index contributed by atoms with van der Waals surface area (Å²) in [6.45, 7) is 5.07. The van der Waals surface area contributed by atoms with Gasteiger partial charge in [0.15, 0.2) is 0 Å². The van der Waals surface area contributed by atoms with Gasteiger partial charge in [-0.2, -0.15) is 0 Å². The van der Waals surface area contributed by atoms with Gasteiger partial charge in [0.1, 0.15) is 17.2 Å². The quantitative estimate of drug-likeness (QED) is 0.252. The summed E-state index contributed by atoms with van der Waals surface area (Å²) in [4.78, 5) is 17.2. The third-order valence-electron chi connectivity index (χ3n) is 6.26. The zero-order chi connectivity index (χ0) is 24.5. The maximum atomic E-state index is 13.0. The third-order valence-corrected chi connectivity index (χ3v) is 6.26. The van der Waals surface area contributed by atoms with E-state index < -0.39 is 0 Å². The third kappa shape index (κ3) is 6.38. The second-order valence-electron chi connectivity index (χ2n) is 8.77. The van der Waals surface area contributed by atoms with Crippen molar-refractivity contribution >= 4 is 5.91 Å². The molecule has 0 aliphatic rings. The summed E-state index contributed by atoms with van der Waals surface area (Å²) in [5.41, 5.74) is 3.56. The number of imidazole rings is 1. The summed E-state index contributed by atoms with van der Waals surface area (Å²) in [5.74, 6) is 2.01. The van der Waals surface area contributed by atoms with Crippen LogP contribution in [0.2, 0.25) is 0 Å². The largest absolute Gasteiger partial charge is 0.457 e. The van der Waals surface area contributed by atoms with Gasteiger partial charge in [0.05, 0.1) is 12.5 Å². The highest BCUT2D eigenvalue weighted by molar-refractivity contribution is 5.93. The second-order valence-corrected chi connectivity index (χ2v) is 8.77. The van der Waals surface area contributed by atoms with Crippen LogP contribution in [0.1, 0.15) is 50.0 Å². The summed E-state index contributed by atoms with van der Waals surface area (Å²) in [7, 11) is 0. The summed E-state index contributed by atoms with van der Waals surface area (Å²) < 4.78 is 7.75. The SMILES string of the molecule is CCCC[C@@H](CC)CNC(=O)c1cncn1-c1cccc(-c2ccc(Oc3ccccc3)cc2)c1. The average molecular weight is 468 g/mol. The number of rotatable bonds is 11. The van der Waals surface area contributed by atoms with Crippen LogP contribution in [0.3, 0.4) is 0 Å². The number of aromatic nitrogens is 2. The highest BCUT2D eigenvalue weighted by Gasteiger charge is 2.15. The van der Waals surface area contributed by atoms with Crippen LogP contribution >= 0.6 is 0 Å². The van der Waals surface area contributed by atoms with Gasteiger partial charge in [-0.25, -0.2) is 4.98 Å². The van der Waals surface area contributed by atoms with E-state index in [-0.39, 0.29) is 5.91 Å². The molecule has 1 amide bonds. The minimum absolute atomic E-state index is 0.0923. The van der Waals surface area contributed by atoms with Gasteiger partial charge in [0, 0.05) is 12.2 Å². The van der Waals surface area contributed by atoms with E-state index in [0.717, 1.165) is 41.2 Å². The first kappa shape index (κ1) is 24.3. The topological polar surface area (TPSA) is 56.2 Å². The summed E-state index contributed by atoms with van der Waals surface area (Å²) in [5, 5.41) is 3.11. The molecular weight excluding hydrogens is 434 g/mol. The first-order valence-electron chi connectivity index (χ1n) is 12.4. The molecule has 0 spiro atoms. The predicted molar refractivity (Wildman–Crippen MR) is 141 cm³/mol. The lowest BCUT2D eigenvalue weighted by Crippen LogP contribution is -2.30. The minimum Gasteiger partial charge on any atom is -0.457 e. The Morgan fingerprint density at radius 1 is 0.943 bits per heavy atom. The lowest BCUT2D eigenvalue weighted by atomic mass is 9.99. The number of hydrogen-bond acceptors (Lipinski definition) is 3. The number of nitrogens with zero attached hydrogens (tertiary/aromatic N) is 2. The molecule has 0 unspecified atom stereocenters. The number of carbonyl (C=O) groups is 1. The van der Waals surface area contributed by atoms with E-state index in [0.29, 0.717) is 18.2 Å².